The van der Waals surface area contributed by atoms with Crippen LogP contribution in [0.1, 0.15) is 54.4 Å². The number of hydrogen-bond acceptors (Lipinski definition) is 5. The lowest BCUT2D eigenvalue weighted by Crippen LogP contribution is -2.48. The van der Waals surface area contributed by atoms with Crippen molar-refractivity contribution in [2.75, 3.05) is 0 Å². The molecule has 0 unspecified atom stereocenters. The lowest BCUT2D eigenvalue weighted by molar-refractivity contribution is -0.441. The van der Waals surface area contributed by atoms with Crippen molar-refractivity contribution in [3.63, 3.8) is 0 Å². The Morgan fingerprint density at radius 3 is 1.65 bits per heavy atom. The van der Waals surface area contributed by atoms with E-state index in [1.807, 2.05) is 0 Å². The maximum atomic E-state index is 11.3. The monoisotopic (exact) mass is 291 g/mol. The van der Waals surface area contributed by atoms with Crippen molar-refractivity contribution in [2.45, 2.75) is 71.6 Å². The minimum Gasteiger partial charge on any atom is -0.481 e. The van der Waals surface area contributed by atoms with Crippen molar-refractivity contribution in [2.24, 2.45) is 0 Å². The van der Waals surface area contributed by atoms with E-state index in [2.05, 4.69) is 0 Å². The number of carboxylic acid groups (broad SMARTS) is 2. The molecule has 0 heterocycles. The van der Waals surface area contributed by atoms with E-state index >= 15 is 0 Å². The zero-order valence-corrected chi connectivity index (χ0v) is 13.0. The van der Waals surface area contributed by atoms with Gasteiger partial charge >= 0.3 is 11.9 Å². The molecular weight excluding hydrogens is 266 g/mol. The summed E-state index contributed by atoms with van der Waals surface area (Å²) in [4.78, 5) is 33.0. The average Bonchev–Trinajstić information content (AvgIpc) is 2.10. The lowest BCUT2D eigenvalue weighted by atomic mass is 10.1. The Morgan fingerprint density at radius 2 is 1.40 bits per heavy atom. The normalized spacial score (nSPS) is 14.3. The van der Waals surface area contributed by atoms with Gasteiger partial charge in [0.25, 0.3) is 0 Å². The topological polar surface area (TPSA) is 96.3 Å². The van der Waals surface area contributed by atoms with Crippen molar-refractivity contribution in [1.29, 1.82) is 0 Å². The van der Waals surface area contributed by atoms with E-state index in [-0.39, 0.29) is 12.8 Å². The molecule has 20 heavy (non-hydrogen) atoms. The second-order valence-corrected chi connectivity index (χ2v) is 6.48. The number of carbonyl (C=O) groups is 2. The van der Waals surface area contributed by atoms with E-state index in [9.17, 15) is 14.7 Å². The molecule has 2 N–H and O–H groups in total. The number of carboxylic acids is 2. The first-order valence-electron chi connectivity index (χ1n) is 6.44. The van der Waals surface area contributed by atoms with Gasteiger partial charge in [-0.05, 0) is 48.0 Å². The Labute approximate surface area is 119 Å². The summed E-state index contributed by atoms with van der Waals surface area (Å²) < 4.78 is 0. The summed E-state index contributed by atoms with van der Waals surface area (Å²) in [5.41, 5.74) is -1.33. The summed E-state index contributed by atoms with van der Waals surface area (Å²) in [5, 5.41) is 18.9. The van der Waals surface area contributed by atoms with Crippen LogP contribution in [0.5, 0.6) is 0 Å². The van der Waals surface area contributed by atoms with Gasteiger partial charge in [0.1, 0.15) is 0 Å². The molecule has 0 aromatic carbocycles. The molecule has 1 atom stereocenters. The molecule has 0 saturated heterocycles. The lowest BCUT2D eigenvalue weighted by Gasteiger charge is -2.36. The van der Waals surface area contributed by atoms with Crippen LogP contribution in [0.25, 0.3) is 0 Å². The summed E-state index contributed by atoms with van der Waals surface area (Å²) in [6.07, 6.45) is -0.398. The Hall–Kier alpha value is -1.18. The molecule has 7 heteroatoms. The molecule has 0 spiro atoms. The quantitative estimate of drug-likeness (QED) is 0.693. The maximum absolute atomic E-state index is 11.3. The molecule has 0 radical (unpaired) electrons. The van der Waals surface area contributed by atoms with Crippen molar-refractivity contribution >= 4 is 11.9 Å². The highest BCUT2D eigenvalue weighted by Gasteiger charge is 2.34. The third kappa shape index (κ3) is 8.84. The van der Waals surface area contributed by atoms with Gasteiger partial charge in [0, 0.05) is 6.42 Å². The van der Waals surface area contributed by atoms with Gasteiger partial charge in [-0.25, -0.2) is 0 Å². The van der Waals surface area contributed by atoms with E-state index in [4.69, 9.17) is 14.8 Å². The molecule has 7 nitrogen and oxygen atoms in total. The molecule has 0 amide bonds. The van der Waals surface area contributed by atoms with Crippen molar-refractivity contribution < 1.29 is 29.5 Å². The van der Waals surface area contributed by atoms with Gasteiger partial charge in [-0.1, -0.05) is 5.23 Å². The van der Waals surface area contributed by atoms with Gasteiger partial charge in [0.15, 0.2) is 6.04 Å². The van der Waals surface area contributed by atoms with Crippen LogP contribution in [0.2, 0.25) is 0 Å². The number of hydroxylamine groups is 2. The maximum Gasteiger partial charge on any atom is 0.325 e. The molecule has 0 aromatic heterocycles. The first-order valence-corrected chi connectivity index (χ1v) is 6.44. The summed E-state index contributed by atoms with van der Waals surface area (Å²) >= 11 is 0. The van der Waals surface area contributed by atoms with Gasteiger partial charge in [0.05, 0.1) is 11.2 Å². The smallest absolute Gasteiger partial charge is 0.325 e. The largest absolute Gasteiger partial charge is 0.481 e. The van der Waals surface area contributed by atoms with Gasteiger partial charge in [-0.15, -0.1) is 0 Å². The fraction of sp³-hybridized carbons (Fsp3) is 0.846. The Kier molecular flexibility index (Phi) is 6.60. The van der Waals surface area contributed by atoms with Crippen LogP contribution in [0.15, 0.2) is 0 Å². The van der Waals surface area contributed by atoms with Crippen LogP contribution in [-0.4, -0.2) is 44.6 Å². The Morgan fingerprint density at radius 1 is 1.00 bits per heavy atom. The molecular formula is C13H25NO6. The molecule has 0 aliphatic rings. The Balaban J connectivity index is 5.09. The Bertz CT molecular complexity index is 326. The highest BCUT2D eigenvalue weighted by molar-refractivity contribution is 5.74. The van der Waals surface area contributed by atoms with Gasteiger partial charge < -0.3 is 10.2 Å². The van der Waals surface area contributed by atoms with Crippen LogP contribution in [0, 0.1) is 0 Å². The molecule has 0 rings (SSSR count). The van der Waals surface area contributed by atoms with Crippen LogP contribution in [0.3, 0.4) is 0 Å². The van der Waals surface area contributed by atoms with Gasteiger partial charge in [-0.3, -0.25) is 19.3 Å². The summed E-state index contributed by atoms with van der Waals surface area (Å²) in [6.45, 7) is 10.5. The number of nitrogens with zero attached hydrogens (tertiary/aromatic N) is 1. The second kappa shape index (κ2) is 7.01. The van der Waals surface area contributed by atoms with Crippen LogP contribution < -0.4 is 0 Å². The van der Waals surface area contributed by atoms with Crippen molar-refractivity contribution in [3.05, 3.63) is 0 Å². The second-order valence-electron chi connectivity index (χ2n) is 6.48. The van der Waals surface area contributed by atoms with E-state index in [0.29, 0.717) is 0 Å². The molecule has 0 aliphatic carbocycles. The third-order valence-electron chi connectivity index (χ3n) is 1.90. The number of rotatable bonds is 7. The van der Waals surface area contributed by atoms with Crippen LogP contribution in [0.4, 0.5) is 0 Å². The first-order chi connectivity index (χ1) is 8.82. The first kappa shape index (κ1) is 18.8. The highest BCUT2D eigenvalue weighted by Crippen LogP contribution is 2.21. The number of hydrogen-bond donors (Lipinski definition) is 2. The molecule has 0 fully saturated rings. The highest BCUT2D eigenvalue weighted by atomic mass is 17.0. The zero-order valence-electron chi connectivity index (χ0n) is 13.0. The standard InChI is InChI=1S/C13H25NO6/c1-12(2,3)19-14(20-13(4,5)6)9(11(17)18)7-8-10(15)16/h9H,7-8H2,1-6H3,(H,15,16)(H,17,18)/t9-/m0/s1. The van der Waals surface area contributed by atoms with Crippen molar-refractivity contribution in [3.8, 4) is 0 Å². The SMILES string of the molecule is CC(C)(C)ON(OC(C)(C)C)[C@@H](CCC(=O)O)C(=O)O. The molecule has 0 saturated carbocycles. The number of aliphatic carboxylic acids is 2. The predicted molar refractivity (Wildman–Crippen MR) is 71.8 cm³/mol. The fourth-order valence-electron chi connectivity index (χ4n) is 1.26. The average molecular weight is 291 g/mol. The minimum absolute atomic E-state index is 0.114. The van der Waals surface area contributed by atoms with Crippen molar-refractivity contribution in [1.82, 2.24) is 5.23 Å². The zero-order chi connectivity index (χ0) is 16.1. The molecule has 118 valence electrons. The fourth-order valence-corrected chi connectivity index (χ4v) is 1.26. The molecule has 0 aromatic rings. The third-order valence-corrected chi connectivity index (χ3v) is 1.90. The van der Waals surface area contributed by atoms with Gasteiger partial charge in [-0.2, -0.15) is 0 Å². The van der Waals surface area contributed by atoms with E-state index in [0.717, 1.165) is 5.23 Å². The van der Waals surface area contributed by atoms with Crippen LogP contribution >= 0.6 is 0 Å². The predicted octanol–water partition coefficient (Wildman–Crippen LogP) is 2.07. The van der Waals surface area contributed by atoms with E-state index < -0.39 is 29.2 Å². The molecule has 0 bridgehead atoms. The van der Waals surface area contributed by atoms with E-state index in [1.165, 1.54) is 0 Å². The summed E-state index contributed by atoms with van der Waals surface area (Å²) in [7, 11) is 0. The summed E-state index contributed by atoms with van der Waals surface area (Å²) in [5.74, 6) is -2.26. The molecule has 0 aliphatic heterocycles. The van der Waals surface area contributed by atoms with E-state index in [1.54, 1.807) is 41.5 Å². The summed E-state index contributed by atoms with van der Waals surface area (Å²) in [6, 6.07) is -1.19. The van der Waals surface area contributed by atoms with Gasteiger partial charge in [0.2, 0.25) is 0 Å². The van der Waals surface area contributed by atoms with Crippen LogP contribution in [-0.2, 0) is 19.3 Å². The minimum atomic E-state index is -1.19.